The van der Waals surface area contributed by atoms with Gasteiger partial charge in [0.2, 0.25) is 0 Å². The Bertz CT molecular complexity index is 1140. The topological polar surface area (TPSA) is 96.3 Å². The standard InChI is InChI=1S/C22H17ClF2N4O3/c23-20-10-16(7-8-27-20)31-13-21(30)29-17-6-5-14(11-26)9-18(17)28-12-15-3-1-2-4-19(15)32-22(24)25/h1-10,22,28H,12-13H2,(H,29,30). The van der Waals surface area contributed by atoms with Gasteiger partial charge in [0.1, 0.15) is 16.7 Å². The first-order chi connectivity index (χ1) is 15.4. The van der Waals surface area contributed by atoms with E-state index in [1.54, 1.807) is 30.3 Å². The van der Waals surface area contributed by atoms with Crippen molar-refractivity contribution in [1.29, 1.82) is 5.26 Å². The maximum absolute atomic E-state index is 12.6. The van der Waals surface area contributed by atoms with Crippen molar-refractivity contribution >= 4 is 28.9 Å². The SMILES string of the molecule is N#Cc1ccc(NC(=O)COc2ccnc(Cl)c2)c(NCc2ccccc2OC(F)F)c1. The molecule has 0 saturated carbocycles. The minimum atomic E-state index is -2.96. The first-order valence-corrected chi connectivity index (χ1v) is 9.67. The number of halogens is 3. The molecule has 10 heteroatoms. The number of para-hydroxylation sites is 1. The number of amides is 1. The molecule has 1 amide bonds. The fraction of sp³-hybridized carbons (Fsp3) is 0.136. The van der Waals surface area contributed by atoms with E-state index in [9.17, 15) is 18.8 Å². The fourth-order valence-corrected chi connectivity index (χ4v) is 2.89. The molecule has 0 spiro atoms. The molecule has 0 bridgehead atoms. The number of carbonyl (C=O) groups excluding carboxylic acids is 1. The van der Waals surface area contributed by atoms with Crippen LogP contribution < -0.4 is 20.1 Å². The number of hydrogen-bond acceptors (Lipinski definition) is 6. The Labute approximate surface area is 187 Å². The molecular weight excluding hydrogens is 442 g/mol. The molecule has 2 N–H and O–H groups in total. The third-order valence-corrected chi connectivity index (χ3v) is 4.36. The predicted octanol–water partition coefficient (Wildman–Crippen LogP) is 4.84. The number of nitriles is 1. The molecule has 164 valence electrons. The van der Waals surface area contributed by atoms with Crippen LogP contribution in [0.4, 0.5) is 20.2 Å². The average Bonchev–Trinajstić information content (AvgIpc) is 2.77. The van der Waals surface area contributed by atoms with Gasteiger partial charge in [-0.1, -0.05) is 29.8 Å². The lowest BCUT2D eigenvalue weighted by atomic mass is 10.1. The highest BCUT2D eigenvalue weighted by molar-refractivity contribution is 6.29. The Morgan fingerprint density at radius 1 is 1.16 bits per heavy atom. The van der Waals surface area contributed by atoms with Crippen molar-refractivity contribution in [3.05, 3.63) is 77.1 Å². The summed E-state index contributed by atoms with van der Waals surface area (Å²) in [7, 11) is 0. The van der Waals surface area contributed by atoms with Gasteiger partial charge in [-0.15, -0.1) is 0 Å². The predicted molar refractivity (Wildman–Crippen MR) is 115 cm³/mol. The molecule has 0 atom stereocenters. The van der Waals surface area contributed by atoms with Crippen LogP contribution in [0.2, 0.25) is 5.15 Å². The largest absolute Gasteiger partial charge is 0.484 e. The van der Waals surface area contributed by atoms with Crippen LogP contribution in [0.15, 0.2) is 60.8 Å². The van der Waals surface area contributed by atoms with Crippen LogP contribution in [0.25, 0.3) is 0 Å². The minimum absolute atomic E-state index is 0.0291. The van der Waals surface area contributed by atoms with Gasteiger partial charge in [0.25, 0.3) is 5.91 Å². The van der Waals surface area contributed by atoms with Gasteiger partial charge in [-0.05, 0) is 30.3 Å². The Hall–Kier alpha value is -3.90. The normalized spacial score (nSPS) is 10.3. The fourth-order valence-electron chi connectivity index (χ4n) is 2.73. The van der Waals surface area contributed by atoms with Crippen LogP contribution in [-0.4, -0.2) is 24.1 Å². The third-order valence-electron chi connectivity index (χ3n) is 4.15. The van der Waals surface area contributed by atoms with E-state index in [1.165, 1.54) is 30.5 Å². The van der Waals surface area contributed by atoms with Crippen molar-refractivity contribution in [2.45, 2.75) is 13.2 Å². The number of pyridine rings is 1. The number of hydrogen-bond donors (Lipinski definition) is 2. The molecule has 1 heterocycles. The lowest BCUT2D eigenvalue weighted by Gasteiger charge is -2.16. The second-order valence-corrected chi connectivity index (χ2v) is 6.75. The van der Waals surface area contributed by atoms with Crippen molar-refractivity contribution < 1.29 is 23.0 Å². The third kappa shape index (κ3) is 6.55. The van der Waals surface area contributed by atoms with Gasteiger partial charge < -0.3 is 20.1 Å². The number of ether oxygens (including phenoxy) is 2. The van der Waals surface area contributed by atoms with E-state index in [0.29, 0.717) is 28.3 Å². The molecule has 7 nitrogen and oxygen atoms in total. The number of nitrogens with zero attached hydrogens (tertiary/aromatic N) is 2. The first kappa shape index (κ1) is 22.8. The molecule has 0 aliphatic carbocycles. The van der Waals surface area contributed by atoms with Crippen LogP contribution in [0.5, 0.6) is 11.5 Å². The summed E-state index contributed by atoms with van der Waals surface area (Å²) >= 11 is 5.79. The van der Waals surface area contributed by atoms with Gasteiger partial charge in [0, 0.05) is 24.4 Å². The molecule has 1 aromatic heterocycles. The van der Waals surface area contributed by atoms with E-state index in [0.717, 1.165) is 0 Å². The summed E-state index contributed by atoms with van der Waals surface area (Å²) < 4.78 is 35.2. The Kier molecular flexibility index (Phi) is 7.78. The Balaban J connectivity index is 1.70. The van der Waals surface area contributed by atoms with Crippen LogP contribution in [-0.2, 0) is 11.3 Å². The van der Waals surface area contributed by atoms with E-state index >= 15 is 0 Å². The molecule has 2 aromatic carbocycles. The number of benzene rings is 2. The maximum Gasteiger partial charge on any atom is 0.387 e. The molecule has 0 aliphatic heterocycles. The molecule has 3 aromatic rings. The lowest BCUT2D eigenvalue weighted by Crippen LogP contribution is -2.21. The maximum atomic E-state index is 12.6. The van der Waals surface area contributed by atoms with Crippen LogP contribution in [0.3, 0.4) is 0 Å². The van der Waals surface area contributed by atoms with E-state index in [-0.39, 0.29) is 24.1 Å². The van der Waals surface area contributed by atoms with Crippen molar-refractivity contribution in [2.75, 3.05) is 17.2 Å². The smallest absolute Gasteiger partial charge is 0.387 e. The van der Waals surface area contributed by atoms with E-state index in [4.69, 9.17) is 16.3 Å². The van der Waals surface area contributed by atoms with Gasteiger partial charge in [0.05, 0.1) is 23.0 Å². The van der Waals surface area contributed by atoms with E-state index in [1.807, 2.05) is 6.07 Å². The zero-order chi connectivity index (χ0) is 22.9. The Morgan fingerprint density at radius 2 is 1.97 bits per heavy atom. The molecular formula is C22H17ClF2N4O3. The van der Waals surface area contributed by atoms with Gasteiger partial charge in [0.15, 0.2) is 6.61 Å². The summed E-state index contributed by atoms with van der Waals surface area (Å²) in [5, 5.41) is 15.2. The van der Waals surface area contributed by atoms with Crippen LogP contribution in [0, 0.1) is 11.3 Å². The van der Waals surface area contributed by atoms with Crippen molar-refractivity contribution in [1.82, 2.24) is 4.98 Å². The molecule has 0 aliphatic rings. The summed E-state index contributed by atoms with van der Waals surface area (Å²) in [6.07, 6.45) is 1.45. The second-order valence-electron chi connectivity index (χ2n) is 6.36. The monoisotopic (exact) mass is 458 g/mol. The summed E-state index contributed by atoms with van der Waals surface area (Å²) in [6.45, 7) is -3.12. The summed E-state index contributed by atoms with van der Waals surface area (Å²) in [4.78, 5) is 16.2. The highest BCUT2D eigenvalue weighted by Gasteiger charge is 2.12. The number of carbonyl (C=O) groups is 1. The van der Waals surface area contributed by atoms with Gasteiger partial charge in [-0.2, -0.15) is 14.0 Å². The zero-order valence-corrected chi connectivity index (χ0v) is 17.3. The first-order valence-electron chi connectivity index (χ1n) is 9.29. The molecule has 0 radical (unpaired) electrons. The average molecular weight is 459 g/mol. The van der Waals surface area contributed by atoms with E-state index in [2.05, 4.69) is 20.4 Å². The number of aromatic nitrogens is 1. The molecule has 0 fully saturated rings. The summed E-state index contributed by atoms with van der Waals surface area (Å²) in [6, 6.07) is 16.0. The van der Waals surface area contributed by atoms with Gasteiger partial charge >= 0.3 is 6.61 Å². The summed E-state index contributed by atoms with van der Waals surface area (Å²) in [5.41, 5.74) is 1.64. The number of nitrogens with one attached hydrogen (secondary N) is 2. The number of anilines is 2. The van der Waals surface area contributed by atoms with Crippen molar-refractivity contribution in [3.8, 4) is 17.6 Å². The minimum Gasteiger partial charge on any atom is -0.484 e. The molecule has 0 saturated heterocycles. The van der Waals surface area contributed by atoms with Gasteiger partial charge in [-0.25, -0.2) is 4.98 Å². The summed E-state index contributed by atoms with van der Waals surface area (Å²) in [5.74, 6) is -0.0393. The van der Waals surface area contributed by atoms with Crippen LogP contribution >= 0.6 is 11.6 Å². The zero-order valence-electron chi connectivity index (χ0n) is 16.5. The van der Waals surface area contributed by atoms with E-state index < -0.39 is 12.5 Å². The number of alkyl halides is 2. The second kappa shape index (κ2) is 10.9. The highest BCUT2D eigenvalue weighted by atomic mass is 35.5. The number of rotatable bonds is 9. The molecule has 0 unspecified atom stereocenters. The van der Waals surface area contributed by atoms with Gasteiger partial charge in [-0.3, -0.25) is 4.79 Å². The highest BCUT2D eigenvalue weighted by Crippen LogP contribution is 2.26. The Morgan fingerprint density at radius 3 is 2.72 bits per heavy atom. The molecule has 3 rings (SSSR count). The lowest BCUT2D eigenvalue weighted by molar-refractivity contribution is -0.118. The van der Waals surface area contributed by atoms with Crippen LogP contribution in [0.1, 0.15) is 11.1 Å². The van der Waals surface area contributed by atoms with Crippen molar-refractivity contribution in [2.24, 2.45) is 0 Å². The van der Waals surface area contributed by atoms with Crippen molar-refractivity contribution in [3.63, 3.8) is 0 Å². The quantitative estimate of drug-likeness (QED) is 0.445. The molecule has 32 heavy (non-hydrogen) atoms.